The van der Waals surface area contributed by atoms with Gasteiger partial charge in [0, 0.05) is 32.2 Å². The molecule has 6 nitrogen and oxygen atoms in total. The van der Waals surface area contributed by atoms with Crippen LogP contribution in [0.2, 0.25) is 0 Å². The van der Waals surface area contributed by atoms with Crippen molar-refractivity contribution in [2.75, 3.05) is 45.4 Å². The van der Waals surface area contributed by atoms with Gasteiger partial charge in [0.05, 0.1) is 23.8 Å². The molecule has 25 heavy (non-hydrogen) atoms. The Labute approximate surface area is 146 Å². The van der Waals surface area contributed by atoms with Crippen molar-refractivity contribution in [3.05, 3.63) is 22.6 Å². The molecule has 0 aliphatic carbocycles. The number of hydrogen-bond donors (Lipinski definition) is 0. The van der Waals surface area contributed by atoms with Gasteiger partial charge in [-0.15, -0.1) is 11.3 Å². The summed E-state index contributed by atoms with van der Waals surface area (Å²) in [6.45, 7) is 2.20. The summed E-state index contributed by atoms with van der Waals surface area (Å²) in [5.74, 6) is -1.11. The smallest absolute Gasteiger partial charge is 0.383 e. The molecular formula is C15H17F3N2O4S. The van der Waals surface area contributed by atoms with E-state index in [-0.39, 0.29) is 0 Å². The summed E-state index contributed by atoms with van der Waals surface area (Å²) in [6, 6.07) is 3.41. The van der Waals surface area contributed by atoms with Gasteiger partial charge in [0.25, 0.3) is 0 Å². The zero-order valence-corrected chi connectivity index (χ0v) is 14.4. The maximum Gasteiger partial charge on any atom is 0.437 e. The van der Waals surface area contributed by atoms with Crippen LogP contribution in [0.1, 0.15) is 4.88 Å². The summed E-state index contributed by atoms with van der Waals surface area (Å²) in [5.41, 5.74) is -1.91. The predicted octanol–water partition coefficient (Wildman–Crippen LogP) is 2.71. The molecule has 10 heteroatoms. The average Bonchev–Trinajstić information content (AvgIpc) is 3.15. The Kier molecular flexibility index (Phi) is 6.57. The van der Waals surface area contributed by atoms with E-state index >= 15 is 0 Å². The monoisotopic (exact) mass is 378 g/mol. The van der Waals surface area contributed by atoms with E-state index in [1.165, 1.54) is 11.3 Å². The van der Waals surface area contributed by atoms with Crippen LogP contribution in [-0.2, 0) is 19.1 Å². The number of alkyl halides is 3. The number of anilines is 1. The van der Waals surface area contributed by atoms with E-state index in [0.717, 1.165) is 11.1 Å². The molecule has 0 spiro atoms. The Morgan fingerprint density at radius 3 is 2.44 bits per heavy atom. The third-order valence-electron chi connectivity index (χ3n) is 3.30. The van der Waals surface area contributed by atoms with Crippen LogP contribution in [0.15, 0.2) is 22.9 Å². The second kappa shape index (κ2) is 8.45. The maximum absolute atomic E-state index is 12.9. The van der Waals surface area contributed by atoms with E-state index in [1.54, 1.807) is 26.4 Å². The Morgan fingerprint density at radius 1 is 1.24 bits per heavy atom. The fourth-order valence-corrected chi connectivity index (χ4v) is 3.08. The number of oxime groups is 1. The van der Waals surface area contributed by atoms with Crippen LogP contribution in [0, 0.1) is 0 Å². The van der Waals surface area contributed by atoms with Crippen LogP contribution >= 0.6 is 11.3 Å². The third kappa shape index (κ3) is 5.03. The first-order valence-electron chi connectivity index (χ1n) is 7.28. The summed E-state index contributed by atoms with van der Waals surface area (Å²) in [4.78, 5) is 18.2. The van der Waals surface area contributed by atoms with Crippen LogP contribution in [-0.4, -0.2) is 58.4 Å². The Morgan fingerprint density at radius 2 is 1.88 bits per heavy atom. The summed E-state index contributed by atoms with van der Waals surface area (Å²) >= 11 is 1.25. The second-order valence-electron chi connectivity index (χ2n) is 5.02. The molecule has 138 valence electrons. The van der Waals surface area contributed by atoms with Gasteiger partial charge in [-0.05, 0) is 18.2 Å². The number of thiophene rings is 1. The normalized spacial score (nSPS) is 16.3. The Hall–Kier alpha value is -1.91. The lowest BCUT2D eigenvalue weighted by atomic mass is 10.1. The van der Waals surface area contributed by atoms with E-state index in [2.05, 4.69) is 9.99 Å². The lowest BCUT2D eigenvalue weighted by Gasteiger charge is -2.22. The summed E-state index contributed by atoms with van der Waals surface area (Å²) < 4.78 is 48.7. The molecular weight excluding hydrogens is 361 g/mol. The van der Waals surface area contributed by atoms with Crippen LogP contribution in [0.25, 0.3) is 6.08 Å². The molecule has 0 unspecified atom stereocenters. The van der Waals surface area contributed by atoms with Crippen LogP contribution < -0.4 is 4.90 Å². The van der Waals surface area contributed by atoms with Crippen LogP contribution in [0.5, 0.6) is 0 Å². The number of carbonyl (C=O) groups is 1. The molecule has 0 saturated carbocycles. The molecule has 2 heterocycles. The van der Waals surface area contributed by atoms with E-state index < -0.39 is 23.4 Å². The molecule has 1 aromatic rings. The van der Waals surface area contributed by atoms with Gasteiger partial charge in [0.15, 0.2) is 5.71 Å². The van der Waals surface area contributed by atoms with Gasteiger partial charge in [-0.25, -0.2) is 4.79 Å². The maximum atomic E-state index is 12.9. The van der Waals surface area contributed by atoms with E-state index in [4.69, 9.17) is 9.47 Å². The highest BCUT2D eigenvalue weighted by atomic mass is 32.1. The first kappa shape index (κ1) is 19.4. The van der Waals surface area contributed by atoms with Gasteiger partial charge >= 0.3 is 12.1 Å². The van der Waals surface area contributed by atoms with Crippen molar-refractivity contribution in [1.82, 2.24) is 0 Å². The zero-order valence-electron chi connectivity index (χ0n) is 13.6. The second-order valence-corrected chi connectivity index (χ2v) is 6.12. The van der Waals surface area contributed by atoms with Crippen molar-refractivity contribution in [2.24, 2.45) is 5.16 Å². The minimum absolute atomic E-state index is 0.487. The number of nitrogens with zero attached hydrogens (tertiary/aromatic N) is 2. The number of ether oxygens (including phenoxy) is 2. The number of carbonyl (C=O) groups excluding carboxylic acids is 1. The minimum Gasteiger partial charge on any atom is -0.383 e. The first-order valence-corrected chi connectivity index (χ1v) is 8.09. The summed E-state index contributed by atoms with van der Waals surface area (Å²) in [7, 11) is 3.17. The van der Waals surface area contributed by atoms with E-state index in [1.807, 2.05) is 4.90 Å². The minimum atomic E-state index is -4.75. The van der Waals surface area contributed by atoms with Gasteiger partial charge in [0.1, 0.15) is 0 Å². The molecule has 0 bridgehead atoms. The van der Waals surface area contributed by atoms with E-state index in [9.17, 15) is 18.0 Å². The van der Waals surface area contributed by atoms with Gasteiger partial charge in [-0.2, -0.15) is 13.2 Å². The fraction of sp³-hybridized carbons (Fsp3) is 0.467. The Bertz CT molecular complexity index is 662. The first-order chi connectivity index (χ1) is 11.9. The lowest BCUT2D eigenvalue weighted by Crippen LogP contribution is -2.29. The van der Waals surface area contributed by atoms with Crippen LogP contribution in [0.3, 0.4) is 0 Å². The number of halogens is 3. The zero-order chi connectivity index (χ0) is 18.4. The van der Waals surface area contributed by atoms with Crippen molar-refractivity contribution in [2.45, 2.75) is 6.18 Å². The van der Waals surface area contributed by atoms with Gasteiger partial charge in [-0.3, -0.25) is 0 Å². The molecule has 0 saturated heterocycles. The molecule has 0 N–H and O–H groups in total. The predicted molar refractivity (Wildman–Crippen MR) is 87.8 cm³/mol. The SMILES string of the molecule is COCCN(CCOC)c1ccc(C=C2C(=O)ON=C2C(F)(F)F)s1. The molecule has 0 fully saturated rings. The van der Waals surface area contributed by atoms with Gasteiger partial charge < -0.3 is 19.2 Å². The fourth-order valence-electron chi connectivity index (χ4n) is 2.08. The molecule has 0 atom stereocenters. The molecule has 1 aliphatic rings. The highest BCUT2D eigenvalue weighted by Crippen LogP contribution is 2.32. The third-order valence-corrected chi connectivity index (χ3v) is 4.40. The number of rotatable bonds is 8. The quantitative estimate of drug-likeness (QED) is 0.514. The Balaban J connectivity index is 2.21. The molecule has 1 aliphatic heterocycles. The number of methoxy groups -OCH3 is 2. The van der Waals surface area contributed by atoms with Crippen molar-refractivity contribution in [1.29, 1.82) is 0 Å². The van der Waals surface area contributed by atoms with Crippen molar-refractivity contribution in [3.63, 3.8) is 0 Å². The summed E-state index contributed by atoms with van der Waals surface area (Å²) in [6.07, 6.45) is -3.61. The van der Waals surface area contributed by atoms with Crippen molar-refractivity contribution >= 4 is 34.1 Å². The van der Waals surface area contributed by atoms with Gasteiger partial charge in [-0.1, -0.05) is 5.16 Å². The highest BCUT2D eigenvalue weighted by Gasteiger charge is 2.45. The van der Waals surface area contributed by atoms with Crippen molar-refractivity contribution in [3.8, 4) is 0 Å². The van der Waals surface area contributed by atoms with Gasteiger partial charge in [0.2, 0.25) is 0 Å². The topological polar surface area (TPSA) is 60.4 Å². The standard InChI is InChI=1S/C15H17F3N2O4S/c1-22-7-5-20(6-8-23-2)12-4-3-10(25-12)9-11-13(15(16,17)18)19-24-14(11)21/h3-4,9H,5-8H2,1-2H3. The largest absolute Gasteiger partial charge is 0.437 e. The molecule has 2 rings (SSSR count). The highest BCUT2D eigenvalue weighted by molar-refractivity contribution is 7.17. The van der Waals surface area contributed by atoms with E-state index in [0.29, 0.717) is 31.2 Å². The average molecular weight is 378 g/mol. The van der Waals surface area contributed by atoms with Crippen LogP contribution in [0.4, 0.5) is 18.2 Å². The molecule has 0 aromatic carbocycles. The van der Waals surface area contributed by atoms with Crippen molar-refractivity contribution < 1.29 is 32.3 Å². The lowest BCUT2D eigenvalue weighted by molar-refractivity contribution is -0.136. The molecule has 1 aromatic heterocycles. The summed E-state index contributed by atoms with van der Waals surface area (Å²) in [5, 5.41) is 3.65. The molecule has 0 radical (unpaired) electrons. The molecule has 0 amide bonds. The number of hydrogen-bond acceptors (Lipinski definition) is 7.